The van der Waals surface area contributed by atoms with Crippen molar-refractivity contribution in [2.24, 2.45) is 17.8 Å². The van der Waals surface area contributed by atoms with Crippen molar-refractivity contribution in [3.8, 4) is 0 Å². The predicted octanol–water partition coefficient (Wildman–Crippen LogP) is 9.36. The standard InChI is InChI=1S/C31H56O3/c1-8-9-10-11-12-16-19-30(29-17-14-13-15-18-29)31(32-23-20-26(2)3,33-24-21-27(4)5)34-25-22-28(6)7/h13-15,17-18,26-28,30H,8-12,16,19-25H2,1-7H3. The Hall–Kier alpha value is -0.900. The van der Waals surface area contributed by atoms with Crippen LogP contribution in [0.5, 0.6) is 0 Å². The van der Waals surface area contributed by atoms with E-state index in [1.54, 1.807) is 0 Å². The number of rotatable bonds is 21. The number of hydrogen-bond acceptors (Lipinski definition) is 3. The highest BCUT2D eigenvalue weighted by Crippen LogP contribution is 2.39. The van der Waals surface area contributed by atoms with Gasteiger partial charge in [-0.1, -0.05) is 117 Å². The Bertz CT molecular complexity index is 546. The van der Waals surface area contributed by atoms with Crippen LogP contribution >= 0.6 is 0 Å². The normalized spacial score (nSPS) is 13.4. The van der Waals surface area contributed by atoms with Gasteiger partial charge >= 0.3 is 0 Å². The largest absolute Gasteiger partial charge is 0.327 e. The Morgan fingerprint density at radius 3 is 1.47 bits per heavy atom. The average Bonchev–Trinajstić information content (AvgIpc) is 2.78. The summed E-state index contributed by atoms with van der Waals surface area (Å²) in [5.41, 5.74) is 1.26. The molecular weight excluding hydrogens is 420 g/mol. The Morgan fingerprint density at radius 2 is 1.03 bits per heavy atom. The summed E-state index contributed by atoms with van der Waals surface area (Å²) in [6.07, 6.45) is 11.7. The van der Waals surface area contributed by atoms with Gasteiger partial charge in [-0.05, 0) is 49.0 Å². The molecule has 0 radical (unpaired) electrons. The lowest BCUT2D eigenvalue weighted by Gasteiger charge is -2.40. The molecule has 1 unspecified atom stereocenters. The highest BCUT2D eigenvalue weighted by Gasteiger charge is 2.43. The molecule has 34 heavy (non-hydrogen) atoms. The number of hydrogen-bond donors (Lipinski definition) is 0. The van der Waals surface area contributed by atoms with E-state index in [0.29, 0.717) is 37.6 Å². The highest BCUT2D eigenvalue weighted by molar-refractivity contribution is 5.21. The average molecular weight is 477 g/mol. The molecule has 0 saturated carbocycles. The minimum Gasteiger partial charge on any atom is -0.327 e. The first-order valence-electron chi connectivity index (χ1n) is 14.3. The van der Waals surface area contributed by atoms with E-state index in [1.165, 1.54) is 44.1 Å². The van der Waals surface area contributed by atoms with Crippen molar-refractivity contribution in [2.45, 2.75) is 125 Å². The van der Waals surface area contributed by atoms with Crippen molar-refractivity contribution in [3.05, 3.63) is 35.9 Å². The summed E-state index contributed by atoms with van der Waals surface area (Å²) in [5, 5.41) is 0. The van der Waals surface area contributed by atoms with Crippen LogP contribution in [0.25, 0.3) is 0 Å². The summed E-state index contributed by atoms with van der Waals surface area (Å²) in [6, 6.07) is 10.8. The maximum Gasteiger partial charge on any atom is 0.290 e. The first-order valence-corrected chi connectivity index (χ1v) is 14.3. The van der Waals surface area contributed by atoms with Crippen LogP contribution in [0, 0.1) is 17.8 Å². The van der Waals surface area contributed by atoms with E-state index in [-0.39, 0.29) is 5.92 Å². The van der Waals surface area contributed by atoms with Crippen molar-refractivity contribution in [1.82, 2.24) is 0 Å². The zero-order valence-corrected chi connectivity index (χ0v) is 23.6. The Labute approximate surface area is 212 Å². The SMILES string of the molecule is CCCCCCCCC(c1ccccc1)C(OCCC(C)C)(OCCC(C)C)OCCC(C)C. The van der Waals surface area contributed by atoms with Gasteiger partial charge in [-0.3, -0.25) is 0 Å². The van der Waals surface area contributed by atoms with Crippen molar-refractivity contribution in [1.29, 1.82) is 0 Å². The number of benzene rings is 1. The molecule has 0 amide bonds. The first-order chi connectivity index (χ1) is 16.3. The van der Waals surface area contributed by atoms with Crippen LogP contribution in [0.1, 0.15) is 124 Å². The molecule has 3 heteroatoms. The predicted molar refractivity (Wildman–Crippen MR) is 146 cm³/mol. The second-order valence-electron chi connectivity index (χ2n) is 11.2. The van der Waals surface area contributed by atoms with Gasteiger partial charge in [0.05, 0.1) is 25.7 Å². The van der Waals surface area contributed by atoms with Crippen LogP contribution in [0.2, 0.25) is 0 Å². The zero-order valence-electron chi connectivity index (χ0n) is 23.6. The van der Waals surface area contributed by atoms with Gasteiger partial charge in [0.15, 0.2) is 0 Å². The van der Waals surface area contributed by atoms with Gasteiger partial charge in [0.25, 0.3) is 5.97 Å². The van der Waals surface area contributed by atoms with E-state index in [0.717, 1.165) is 25.7 Å². The maximum atomic E-state index is 6.67. The highest BCUT2D eigenvalue weighted by atomic mass is 16.9. The lowest BCUT2D eigenvalue weighted by atomic mass is 9.90. The molecule has 1 aromatic rings. The smallest absolute Gasteiger partial charge is 0.290 e. The quantitative estimate of drug-likeness (QED) is 0.131. The molecule has 0 aliphatic carbocycles. The van der Waals surface area contributed by atoms with Gasteiger partial charge in [-0.2, -0.15) is 0 Å². The fourth-order valence-corrected chi connectivity index (χ4v) is 4.10. The van der Waals surface area contributed by atoms with E-state index in [2.05, 4.69) is 78.8 Å². The van der Waals surface area contributed by atoms with Gasteiger partial charge in [0.2, 0.25) is 0 Å². The zero-order chi connectivity index (χ0) is 25.2. The third-order valence-corrected chi connectivity index (χ3v) is 6.47. The Balaban J connectivity index is 3.18. The number of ether oxygens (including phenoxy) is 3. The van der Waals surface area contributed by atoms with Gasteiger partial charge in [0, 0.05) is 0 Å². The minimum absolute atomic E-state index is 0.0614. The first kappa shape index (κ1) is 31.1. The van der Waals surface area contributed by atoms with Crippen molar-refractivity contribution >= 4 is 0 Å². The summed E-state index contributed by atoms with van der Waals surface area (Å²) in [5.74, 6) is 0.781. The molecule has 0 bridgehead atoms. The van der Waals surface area contributed by atoms with Gasteiger partial charge < -0.3 is 14.2 Å². The molecule has 3 nitrogen and oxygen atoms in total. The van der Waals surface area contributed by atoms with Gasteiger partial charge in [-0.25, -0.2) is 0 Å². The fraction of sp³-hybridized carbons (Fsp3) is 0.806. The Morgan fingerprint density at radius 1 is 0.588 bits per heavy atom. The fourth-order valence-electron chi connectivity index (χ4n) is 4.10. The summed E-state index contributed by atoms with van der Waals surface area (Å²) in [7, 11) is 0. The second-order valence-corrected chi connectivity index (χ2v) is 11.2. The lowest BCUT2D eigenvalue weighted by Crippen LogP contribution is -2.46. The van der Waals surface area contributed by atoms with E-state index in [1.807, 2.05) is 0 Å². The molecule has 0 aromatic heterocycles. The third kappa shape index (κ3) is 13.3. The van der Waals surface area contributed by atoms with E-state index < -0.39 is 5.97 Å². The molecule has 0 saturated heterocycles. The molecule has 0 aliphatic heterocycles. The van der Waals surface area contributed by atoms with Crippen LogP contribution in [-0.2, 0) is 14.2 Å². The van der Waals surface area contributed by atoms with Gasteiger partial charge in [0.1, 0.15) is 0 Å². The molecule has 1 atom stereocenters. The molecule has 0 aliphatic rings. The van der Waals surface area contributed by atoms with Crippen LogP contribution in [0.3, 0.4) is 0 Å². The van der Waals surface area contributed by atoms with Gasteiger partial charge in [-0.15, -0.1) is 0 Å². The van der Waals surface area contributed by atoms with Crippen molar-refractivity contribution in [3.63, 3.8) is 0 Å². The Kier molecular flexibility index (Phi) is 16.8. The maximum absolute atomic E-state index is 6.67. The summed E-state index contributed by atoms with van der Waals surface area (Å²) < 4.78 is 20.0. The minimum atomic E-state index is -1.02. The second kappa shape index (κ2) is 18.4. The van der Waals surface area contributed by atoms with Crippen molar-refractivity contribution in [2.75, 3.05) is 19.8 Å². The molecule has 0 fully saturated rings. The summed E-state index contributed by atoms with van der Waals surface area (Å²) in [4.78, 5) is 0. The van der Waals surface area contributed by atoms with E-state index in [9.17, 15) is 0 Å². The third-order valence-electron chi connectivity index (χ3n) is 6.47. The number of unbranched alkanes of at least 4 members (excludes halogenated alkanes) is 5. The molecule has 1 rings (SSSR count). The van der Waals surface area contributed by atoms with Crippen LogP contribution in [0.4, 0.5) is 0 Å². The van der Waals surface area contributed by atoms with Crippen LogP contribution in [-0.4, -0.2) is 25.8 Å². The molecule has 0 N–H and O–H groups in total. The molecular formula is C31H56O3. The molecule has 198 valence electrons. The van der Waals surface area contributed by atoms with Crippen molar-refractivity contribution < 1.29 is 14.2 Å². The molecule has 0 spiro atoms. The monoisotopic (exact) mass is 476 g/mol. The van der Waals surface area contributed by atoms with E-state index >= 15 is 0 Å². The molecule has 1 aromatic carbocycles. The van der Waals surface area contributed by atoms with E-state index in [4.69, 9.17) is 14.2 Å². The van der Waals surface area contributed by atoms with Crippen LogP contribution in [0.15, 0.2) is 30.3 Å². The lowest BCUT2D eigenvalue weighted by molar-refractivity contribution is -0.394. The molecule has 0 heterocycles. The summed E-state index contributed by atoms with van der Waals surface area (Å²) in [6.45, 7) is 17.7. The topological polar surface area (TPSA) is 27.7 Å². The van der Waals surface area contributed by atoms with Crippen LogP contribution < -0.4 is 0 Å². The summed E-state index contributed by atoms with van der Waals surface area (Å²) >= 11 is 0.